The number of aromatic nitrogens is 2. The van der Waals surface area contributed by atoms with Gasteiger partial charge in [-0.25, -0.2) is 9.07 Å². The van der Waals surface area contributed by atoms with Crippen LogP contribution in [0.3, 0.4) is 0 Å². The monoisotopic (exact) mass is 332 g/mol. The minimum Gasteiger partial charge on any atom is -0.348 e. The number of amides is 1. The van der Waals surface area contributed by atoms with Gasteiger partial charge in [0, 0.05) is 11.3 Å². The standard InChI is InChI=1S/C18H25FN4O/c1-11(2)9-17(20)18(24)22-12(3)16-10-21-23(13(16)4)15-7-5-14(19)6-8-15/h5-8,10-12,17H,9,20H2,1-4H3,(H,22,24)/t12?,17-/m0/s1. The Kier molecular flexibility index (Phi) is 5.72. The molecule has 24 heavy (non-hydrogen) atoms. The van der Waals surface area contributed by atoms with E-state index in [1.165, 1.54) is 12.1 Å². The molecule has 0 aliphatic carbocycles. The van der Waals surface area contributed by atoms with Crippen LogP contribution in [0.25, 0.3) is 5.69 Å². The number of halogens is 1. The van der Waals surface area contributed by atoms with Gasteiger partial charge in [0.1, 0.15) is 5.82 Å². The Morgan fingerprint density at radius 3 is 2.50 bits per heavy atom. The van der Waals surface area contributed by atoms with Crippen LogP contribution in [0.15, 0.2) is 30.5 Å². The van der Waals surface area contributed by atoms with E-state index < -0.39 is 6.04 Å². The Bertz CT molecular complexity index is 694. The van der Waals surface area contributed by atoms with Crippen LogP contribution in [0.4, 0.5) is 4.39 Å². The van der Waals surface area contributed by atoms with Gasteiger partial charge < -0.3 is 11.1 Å². The molecule has 0 radical (unpaired) electrons. The zero-order valence-electron chi connectivity index (χ0n) is 14.6. The zero-order chi connectivity index (χ0) is 17.9. The van der Waals surface area contributed by atoms with Gasteiger partial charge in [0.2, 0.25) is 5.91 Å². The summed E-state index contributed by atoms with van der Waals surface area (Å²) >= 11 is 0. The molecule has 2 aromatic rings. The van der Waals surface area contributed by atoms with E-state index in [2.05, 4.69) is 10.4 Å². The fourth-order valence-corrected chi connectivity index (χ4v) is 2.70. The lowest BCUT2D eigenvalue weighted by Crippen LogP contribution is -2.42. The topological polar surface area (TPSA) is 72.9 Å². The summed E-state index contributed by atoms with van der Waals surface area (Å²) in [6.45, 7) is 7.89. The molecule has 1 aromatic heterocycles. The highest BCUT2D eigenvalue weighted by molar-refractivity contribution is 5.81. The van der Waals surface area contributed by atoms with Crippen molar-refractivity contribution in [3.63, 3.8) is 0 Å². The summed E-state index contributed by atoms with van der Waals surface area (Å²) in [4.78, 5) is 12.2. The van der Waals surface area contributed by atoms with E-state index in [1.54, 1.807) is 23.0 Å². The summed E-state index contributed by atoms with van der Waals surface area (Å²) in [5.41, 5.74) is 8.50. The van der Waals surface area contributed by atoms with Crippen molar-refractivity contribution in [2.75, 3.05) is 0 Å². The SMILES string of the molecule is Cc1c(C(C)NC(=O)[C@@H](N)CC(C)C)cnn1-c1ccc(F)cc1. The van der Waals surface area contributed by atoms with E-state index >= 15 is 0 Å². The molecule has 0 fully saturated rings. The molecule has 1 heterocycles. The first-order valence-electron chi connectivity index (χ1n) is 8.16. The summed E-state index contributed by atoms with van der Waals surface area (Å²) in [6.07, 6.45) is 2.37. The summed E-state index contributed by atoms with van der Waals surface area (Å²) in [5.74, 6) is -0.0855. The number of benzene rings is 1. The molecule has 1 aromatic carbocycles. The summed E-state index contributed by atoms with van der Waals surface area (Å²) in [7, 11) is 0. The molecule has 2 rings (SSSR count). The average molecular weight is 332 g/mol. The first kappa shape index (κ1) is 18.1. The van der Waals surface area contributed by atoms with E-state index in [4.69, 9.17) is 5.73 Å². The van der Waals surface area contributed by atoms with E-state index in [0.717, 1.165) is 16.9 Å². The number of carbonyl (C=O) groups excluding carboxylic acids is 1. The second-order valence-corrected chi connectivity index (χ2v) is 6.54. The molecule has 0 aliphatic rings. The predicted octanol–water partition coefficient (Wildman–Crippen LogP) is 2.87. The second kappa shape index (κ2) is 7.57. The van der Waals surface area contributed by atoms with Crippen LogP contribution < -0.4 is 11.1 Å². The van der Waals surface area contributed by atoms with Crippen molar-refractivity contribution in [2.45, 2.75) is 46.2 Å². The van der Waals surface area contributed by atoms with Crippen molar-refractivity contribution in [2.24, 2.45) is 11.7 Å². The molecule has 0 spiro atoms. The molecule has 1 unspecified atom stereocenters. The minimum atomic E-state index is -0.514. The molecule has 2 atom stereocenters. The lowest BCUT2D eigenvalue weighted by Gasteiger charge is -2.18. The fraction of sp³-hybridized carbons (Fsp3) is 0.444. The molecule has 5 nitrogen and oxygen atoms in total. The fourth-order valence-electron chi connectivity index (χ4n) is 2.70. The second-order valence-electron chi connectivity index (χ2n) is 6.54. The zero-order valence-corrected chi connectivity index (χ0v) is 14.6. The lowest BCUT2D eigenvalue weighted by atomic mass is 10.0. The number of rotatable bonds is 6. The quantitative estimate of drug-likeness (QED) is 0.854. The summed E-state index contributed by atoms with van der Waals surface area (Å²) in [5, 5.41) is 7.29. The Balaban J connectivity index is 2.12. The summed E-state index contributed by atoms with van der Waals surface area (Å²) in [6, 6.07) is 5.41. The van der Waals surface area contributed by atoms with Crippen molar-refractivity contribution in [3.05, 3.63) is 47.5 Å². The van der Waals surface area contributed by atoms with Gasteiger partial charge in [0.05, 0.1) is 24.0 Å². The third-order valence-electron chi connectivity index (χ3n) is 4.01. The van der Waals surface area contributed by atoms with Gasteiger partial charge in [-0.2, -0.15) is 5.10 Å². The van der Waals surface area contributed by atoms with Gasteiger partial charge in [-0.3, -0.25) is 4.79 Å². The smallest absolute Gasteiger partial charge is 0.237 e. The van der Waals surface area contributed by atoms with Crippen LogP contribution in [0, 0.1) is 18.7 Å². The maximum absolute atomic E-state index is 13.1. The first-order valence-corrected chi connectivity index (χ1v) is 8.16. The van der Waals surface area contributed by atoms with Crippen LogP contribution in [-0.2, 0) is 4.79 Å². The maximum Gasteiger partial charge on any atom is 0.237 e. The normalized spacial score (nSPS) is 13.8. The summed E-state index contributed by atoms with van der Waals surface area (Å²) < 4.78 is 14.8. The van der Waals surface area contributed by atoms with Gasteiger partial charge in [-0.15, -0.1) is 0 Å². The van der Waals surface area contributed by atoms with Crippen LogP contribution in [-0.4, -0.2) is 21.7 Å². The van der Waals surface area contributed by atoms with Gasteiger partial charge >= 0.3 is 0 Å². The molecule has 0 saturated heterocycles. The number of nitrogens with one attached hydrogen (secondary N) is 1. The van der Waals surface area contributed by atoms with Crippen molar-refractivity contribution in [1.82, 2.24) is 15.1 Å². The molecule has 3 N–H and O–H groups in total. The van der Waals surface area contributed by atoms with Crippen molar-refractivity contribution >= 4 is 5.91 Å². The maximum atomic E-state index is 13.1. The van der Waals surface area contributed by atoms with Crippen LogP contribution in [0.1, 0.15) is 44.5 Å². The highest BCUT2D eigenvalue weighted by Crippen LogP contribution is 2.20. The highest BCUT2D eigenvalue weighted by atomic mass is 19.1. The molecular formula is C18H25FN4O. The molecule has 130 valence electrons. The third kappa shape index (κ3) is 4.20. The van der Waals surface area contributed by atoms with E-state index in [0.29, 0.717) is 12.3 Å². The van der Waals surface area contributed by atoms with E-state index in [9.17, 15) is 9.18 Å². The number of carbonyl (C=O) groups is 1. The molecular weight excluding hydrogens is 307 g/mol. The lowest BCUT2D eigenvalue weighted by molar-refractivity contribution is -0.123. The molecule has 0 bridgehead atoms. The third-order valence-corrected chi connectivity index (χ3v) is 4.01. The average Bonchev–Trinajstić information content (AvgIpc) is 2.89. The molecule has 0 aliphatic heterocycles. The number of hydrogen-bond acceptors (Lipinski definition) is 3. The largest absolute Gasteiger partial charge is 0.348 e. The van der Waals surface area contributed by atoms with Crippen LogP contribution in [0.2, 0.25) is 0 Å². The molecule has 6 heteroatoms. The van der Waals surface area contributed by atoms with Gasteiger partial charge in [-0.1, -0.05) is 13.8 Å². The van der Waals surface area contributed by atoms with E-state index in [-0.39, 0.29) is 17.8 Å². The van der Waals surface area contributed by atoms with Gasteiger partial charge in [-0.05, 0) is 50.5 Å². The van der Waals surface area contributed by atoms with Crippen LogP contribution >= 0.6 is 0 Å². The Morgan fingerprint density at radius 1 is 1.29 bits per heavy atom. The molecule has 0 saturated carbocycles. The highest BCUT2D eigenvalue weighted by Gasteiger charge is 2.20. The number of nitrogens with zero attached hydrogens (tertiary/aromatic N) is 2. The Morgan fingerprint density at radius 2 is 1.92 bits per heavy atom. The minimum absolute atomic E-state index is 0.162. The number of hydrogen-bond donors (Lipinski definition) is 2. The number of nitrogens with two attached hydrogens (primary N) is 1. The first-order chi connectivity index (χ1) is 11.3. The Labute approximate surface area is 142 Å². The predicted molar refractivity (Wildman–Crippen MR) is 92.2 cm³/mol. The van der Waals surface area contributed by atoms with Crippen LogP contribution in [0.5, 0.6) is 0 Å². The van der Waals surface area contributed by atoms with Gasteiger partial charge in [0.15, 0.2) is 0 Å². The van der Waals surface area contributed by atoms with Crippen molar-refractivity contribution in [3.8, 4) is 5.69 Å². The van der Waals surface area contributed by atoms with Crippen molar-refractivity contribution in [1.29, 1.82) is 0 Å². The Hall–Kier alpha value is -2.21. The van der Waals surface area contributed by atoms with Crippen molar-refractivity contribution < 1.29 is 9.18 Å². The van der Waals surface area contributed by atoms with Gasteiger partial charge in [0.25, 0.3) is 0 Å². The van der Waals surface area contributed by atoms with E-state index in [1.807, 2.05) is 27.7 Å². The molecule has 1 amide bonds.